The number of thioether (sulfide) groups is 1. The third-order valence-corrected chi connectivity index (χ3v) is 9.56. The lowest BCUT2D eigenvalue weighted by Crippen LogP contribution is -2.54. The van der Waals surface area contributed by atoms with Gasteiger partial charge in [0.2, 0.25) is 0 Å². The summed E-state index contributed by atoms with van der Waals surface area (Å²) in [6, 6.07) is 5.01. The Morgan fingerprint density at radius 2 is 1.89 bits per heavy atom. The van der Waals surface area contributed by atoms with Crippen molar-refractivity contribution in [3.63, 3.8) is 0 Å². The number of amides is 1. The fraction of sp³-hybridized carbons (Fsp3) is 0.680. The largest absolute Gasteiger partial charge is 0.443 e. The van der Waals surface area contributed by atoms with E-state index in [9.17, 15) is 9.18 Å². The Labute approximate surface area is 214 Å². The predicted molar refractivity (Wildman–Crippen MR) is 142 cm³/mol. The SMILES string of the molecule is C[C@@H]1[C@@](C)(CN)SC(N(COCC[Si](C)(C)C)C(=O)OC(C)(C)C)=N[C@]1(C)c1cccc(F)c1F. The minimum Gasteiger partial charge on any atom is -0.443 e. The zero-order chi connectivity index (χ0) is 26.8. The molecule has 2 N–H and O–H groups in total. The first-order valence-corrected chi connectivity index (χ1v) is 16.5. The van der Waals surface area contributed by atoms with Gasteiger partial charge < -0.3 is 15.2 Å². The topological polar surface area (TPSA) is 77.1 Å². The predicted octanol–water partition coefficient (Wildman–Crippen LogP) is 6.19. The number of carbonyl (C=O) groups excluding carboxylic acids is 1. The van der Waals surface area contributed by atoms with Gasteiger partial charge in [0, 0.05) is 37.5 Å². The highest BCUT2D eigenvalue weighted by molar-refractivity contribution is 8.15. The molecule has 3 atom stereocenters. The van der Waals surface area contributed by atoms with Crippen LogP contribution < -0.4 is 5.73 Å². The third-order valence-electron chi connectivity index (χ3n) is 6.38. The fourth-order valence-electron chi connectivity index (χ4n) is 3.77. The summed E-state index contributed by atoms with van der Waals surface area (Å²) in [5, 5.41) is 0.310. The molecule has 198 valence electrons. The van der Waals surface area contributed by atoms with Crippen molar-refractivity contribution in [2.24, 2.45) is 16.6 Å². The maximum Gasteiger partial charge on any atom is 0.418 e. The first-order chi connectivity index (χ1) is 15.9. The van der Waals surface area contributed by atoms with Gasteiger partial charge in [-0.15, -0.1) is 0 Å². The number of halogens is 2. The van der Waals surface area contributed by atoms with Crippen molar-refractivity contribution < 1.29 is 23.0 Å². The van der Waals surface area contributed by atoms with Crippen molar-refractivity contribution in [1.29, 1.82) is 0 Å². The van der Waals surface area contributed by atoms with E-state index < -0.39 is 41.7 Å². The van der Waals surface area contributed by atoms with Crippen LogP contribution >= 0.6 is 11.8 Å². The molecule has 1 aliphatic rings. The van der Waals surface area contributed by atoms with Gasteiger partial charge >= 0.3 is 6.09 Å². The summed E-state index contributed by atoms with van der Waals surface area (Å²) in [4.78, 5) is 19.5. The zero-order valence-electron chi connectivity index (χ0n) is 22.5. The molecule has 0 saturated carbocycles. The van der Waals surface area contributed by atoms with Crippen LogP contribution in [-0.4, -0.2) is 54.5 Å². The van der Waals surface area contributed by atoms with Crippen LogP contribution in [0.5, 0.6) is 0 Å². The molecule has 0 radical (unpaired) electrons. The molecule has 0 aromatic heterocycles. The van der Waals surface area contributed by atoms with E-state index in [2.05, 4.69) is 19.6 Å². The smallest absolute Gasteiger partial charge is 0.418 e. The molecule has 1 aliphatic heterocycles. The van der Waals surface area contributed by atoms with Crippen LogP contribution in [0.15, 0.2) is 23.2 Å². The van der Waals surface area contributed by atoms with Crippen LogP contribution in [0.3, 0.4) is 0 Å². The van der Waals surface area contributed by atoms with Crippen LogP contribution in [0.2, 0.25) is 25.7 Å². The Balaban J connectivity index is 2.56. The van der Waals surface area contributed by atoms with E-state index in [1.165, 1.54) is 28.8 Å². The summed E-state index contributed by atoms with van der Waals surface area (Å²) >= 11 is 1.34. The van der Waals surface area contributed by atoms with Crippen molar-refractivity contribution in [3.05, 3.63) is 35.4 Å². The van der Waals surface area contributed by atoms with Crippen molar-refractivity contribution in [2.75, 3.05) is 19.9 Å². The number of ether oxygens (including phenoxy) is 2. The second-order valence-corrected chi connectivity index (χ2v) is 18.9. The standard InChI is InChI=1S/C25H41F2N3O3SSi/c1-17-24(5,15-28)34-21(29-25(17,6)18-11-10-12-19(26)20(18)27)30(22(31)33-23(2,3)4)16-32-13-14-35(7,8)9/h10-12,17H,13-16,28H2,1-9H3/t17-,24-,25+/m1/s1. The molecular weight excluding hydrogens is 488 g/mol. The second-order valence-electron chi connectivity index (χ2n) is 11.7. The van der Waals surface area contributed by atoms with E-state index in [0.29, 0.717) is 11.8 Å². The number of rotatable bonds is 7. The van der Waals surface area contributed by atoms with E-state index >= 15 is 4.39 Å². The molecule has 0 fully saturated rings. The summed E-state index contributed by atoms with van der Waals surface area (Å²) < 4.78 is 40.2. The summed E-state index contributed by atoms with van der Waals surface area (Å²) in [5.74, 6) is -2.18. The number of nitrogens with zero attached hydrogens (tertiary/aromatic N) is 2. The first-order valence-electron chi connectivity index (χ1n) is 12.0. The molecule has 10 heteroatoms. The molecular formula is C25H41F2N3O3SSi. The van der Waals surface area contributed by atoms with Gasteiger partial charge in [0.15, 0.2) is 16.8 Å². The zero-order valence-corrected chi connectivity index (χ0v) is 24.3. The Morgan fingerprint density at radius 1 is 1.26 bits per heavy atom. The van der Waals surface area contributed by atoms with Crippen molar-refractivity contribution in [3.8, 4) is 0 Å². The first kappa shape index (κ1) is 29.7. The van der Waals surface area contributed by atoms with Crippen LogP contribution in [0, 0.1) is 17.6 Å². The molecule has 1 aromatic rings. The molecule has 6 nitrogen and oxygen atoms in total. The van der Waals surface area contributed by atoms with Gasteiger partial charge in [0.1, 0.15) is 12.3 Å². The van der Waals surface area contributed by atoms with Gasteiger partial charge in [-0.1, -0.05) is 50.5 Å². The van der Waals surface area contributed by atoms with E-state index in [1.54, 1.807) is 27.7 Å². The van der Waals surface area contributed by atoms with E-state index in [1.807, 2.05) is 13.8 Å². The van der Waals surface area contributed by atoms with Crippen LogP contribution in [-0.2, 0) is 15.0 Å². The molecule has 0 bridgehead atoms. The van der Waals surface area contributed by atoms with Gasteiger partial charge in [-0.05, 0) is 46.7 Å². The molecule has 0 saturated heterocycles. The minimum atomic E-state index is -1.34. The average Bonchev–Trinajstić information content (AvgIpc) is 2.71. The highest BCUT2D eigenvalue weighted by atomic mass is 32.2. The van der Waals surface area contributed by atoms with E-state index in [-0.39, 0.29) is 24.8 Å². The summed E-state index contributed by atoms with van der Waals surface area (Å²) in [5.41, 5.74) is 4.40. The molecule has 0 aliphatic carbocycles. The number of hydrogen-bond acceptors (Lipinski definition) is 6. The summed E-state index contributed by atoms with van der Waals surface area (Å²) in [6.07, 6.45) is -0.618. The maximum absolute atomic E-state index is 15.0. The minimum absolute atomic E-state index is 0.0675. The van der Waals surface area contributed by atoms with Gasteiger partial charge in [-0.2, -0.15) is 0 Å². The van der Waals surface area contributed by atoms with Crippen LogP contribution in [0.1, 0.15) is 47.1 Å². The van der Waals surface area contributed by atoms with E-state index in [4.69, 9.17) is 20.2 Å². The molecule has 35 heavy (non-hydrogen) atoms. The highest BCUT2D eigenvalue weighted by Gasteiger charge is 2.51. The number of aliphatic imine (C=N–C) groups is 1. The van der Waals surface area contributed by atoms with Crippen molar-refractivity contribution >= 4 is 31.1 Å². The van der Waals surface area contributed by atoms with Crippen LogP contribution in [0.4, 0.5) is 13.6 Å². The monoisotopic (exact) mass is 529 g/mol. The molecule has 2 rings (SSSR count). The molecule has 0 spiro atoms. The Bertz CT molecular complexity index is 951. The lowest BCUT2D eigenvalue weighted by molar-refractivity contribution is 0.0108. The number of carbonyl (C=O) groups is 1. The number of hydrogen-bond donors (Lipinski definition) is 1. The van der Waals surface area contributed by atoms with Gasteiger partial charge in [-0.3, -0.25) is 4.99 Å². The van der Waals surface area contributed by atoms with Gasteiger partial charge in [-0.25, -0.2) is 18.5 Å². The molecule has 1 amide bonds. The lowest BCUT2D eigenvalue weighted by atomic mass is 9.74. The number of amidine groups is 1. The average molecular weight is 530 g/mol. The third kappa shape index (κ3) is 7.27. The van der Waals surface area contributed by atoms with E-state index in [0.717, 1.165) is 12.1 Å². The Kier molecular flexibility index (Phi) is 9.23. The number of nitrogens with two attached hydrogens (primary N) is 1. The van der Waals surface area contributed by atoms with Crippen LogP contribution in [0.25, 0.3) is 0 Å². The van der Waals surface area contributed by atoms with Gasteiger partial charge in [0.25, 0.3) is 0 Å². The molecule has 1 aromatic carbocycles. The second kappa shape index (κ2) is 10.9. The fourth-order valence-corrected chi connectivity index (χ4v) is 5.91. The van der Waals surface area contributed by atoms with Crippen molar-refractivity contribution in [1.82, 2.24) is 4.90 Å². The molecule has 0 unspecified atom stereocenters. The number of benzene rings is 1. The van der Waals surface area contributed by atoms with Gasteiger partial charge in [0.05, 0.1) is 5.54 Å². The van der Waals surface area contributed by atoms with Crippen molar-refractivity contribution in [2.45, 2.75) is 83.1 Å². The summed E-state index contributed by atoms with van der Waals surface area (Å²) in [6.45, 7) is 18.4. The Hall–Kier alpha value is -1.49. The maximum atomic E-state index is 15.0. The quantitative estimate of drug-likeness (QED) is 0.259. The lowest BCUT2D eigenvalue weighted by Gasteiger charge is -2.48. The molecule has 1 heterocycles. The normalized spacial score (nSPS) is 25.3. The highest BCUT2D eigenvalue weighted by Crippen LogP contribution is 2.51. The summed E-state index contributed by atoms with van der Waals surface area (Å²) in [7, 11) is -1.34. The Morgan fingerprint density at radius 3 is 2.43 bits per heavy atom.